The maximum atomic E-state index is 6.87. The first-order chi connectivity index (χ1) is 31.4. The molecule has 0 bridgehead atoms. The van der Waals surface area contributed by atoms with Gasteiger partial charge in [0.25, 0.3) is 0 Å². The van der Waals surface area contributed by atoms with Gasteiger partial charge in [-0.25, -0.2) is 0 Å². The lowest BCUT2D eigenvalue weighted by Gasteiger charge is -2.30. The number of fused-ring (bicyclic) bond motifs is 11. The van der Waals surface area contributed by atoms with Crippen LogP contribution >= 0.6 is 0 Å². The van der Waals surface area contributed by atoms with Crippen LogP contribution in [0, 0.1) is 0 Å². The molecule has 9 aromatic carbocycles. The van der Waals surface area contributed by atoms with Crippen molar-refractivity contribution in [1.82, 2.24) is 0 Å². The molecule has 11 aromatic rings. The first-order valence-electron chi connectivity index (χ1n) is 22.7. The highest BCUT2D eigenvalue weighted by molar-refractivity contribution is 6.25. The van der Waals surface area contributed by atoms with Gasteiger partial charge in [0.05, 0.1) is 22.7 Å². The molecule has 0 atom stereocenters. The fraction of sp³-hybridized carbons (Fsp3) is 0.133. The molecule has 2 heterocycles. The maximum Gasteiger partial charge on any atom is 0.159 e. The normalized spacial score (nSPS) is 12.8. The highest BCUT2D eigenvalue weighted by Crippen LogP contribution is 2.51. The molecule has 2 aromatic heterocycles. The van der Waals surface area contributed by atoms with E-state index in [1.165, 1.54) is 38.2 Å². The molecule has 0 saturated carbocycles. The zero-order valence-electron chi connectivity index (χ0n) is 36.6. The SMILES string of the molecule is CC(C)c1ccc(N(c2cc3c4ccccc4c(N(c4ccc(C(C)C)cc4)c4cccc5c4oc4ccccc45)cc3c3ccccc23)c2cccc3c4c(oc23)CCC=C4)cc1. The van der Waals surface area contributed by atoms with Crippen LogP contribution in [-0.4, -0.2) is 0 Å². The number of para-hydroxylation sites is 3. The van der Waals surface area contributed by atoms with Gasteiger partial charge in [-0.15, -0.1) is 0 Å². The summed E-state index contributed by atoms with van der Waals surface area (Å²) in [4.78, 5) is 4.84. The van der Waals surface area contributed by atoms with Gasteiger partial charge in [-0.2, -0.15) is 0 Å². The Morgan fingerprint density at radius 3 is 1.42 bits per heavy atom. The van der Waals surface area contributed by atoms with Crippen LogP contribution in [0.1, 0.15) is 68.4 Å². The quantitative estimate of drug-likeness (QED) is 0.143. The summed E-state index contributed by atoms with van der Waals surface area (Å²) in [6.45, 7) is 9.01. The molecule has 4 heteroatoms. The molecule has 64 heavy (non-hydrogen) atoms. The number of aryl methyl sites for hydroxylation is 1. The van der Waals surface area contributed by atoms with Crippen molar-refractivity contribution in [3.05, 3.63) is 198 Å². The lowest BCUT2D eigenvalue weighted by Crippen LogP contribution is -2.12. The molecule has 0 amide bonds. The Balaban J connectivity index is 1.15. The summed E-state index contributed by atoms with van der Waals surface area (Å²) < 4.78 is 13.7. The van der Waals surface area contributed by atoms with Crippen LogP contribution in [-0.2, 0) is 6.42 Å². The van der Waals surface area contributed by atoms with Crippen molar-refractivity contribution in [2.45, 2.75) is 52.4 Å². The number of allylic oxidation sites excluding steroid dienone is 1. The fourth-order valence-electron chi connectivity index (χ4n) is 10.2. The van der Waals surface area contributed by atoms with Gasteiger partial charge in [-0.05, 0) is 106 Å². The molecular formula is C60H48N2O2. The zero-order valence-corrected chi connectivity index (χ0v) is 36.6. The van der Waals surface area contributed by atoms with Crippen LogP contribution in [0.2, 0.25) is 0 Å². The topological polar surface area (TPSA) is 32.8 Å². The Labute approximate surface area is 373 Å². The third kappa shape index (κ3) is 6.04. The molecule has 1 aliphatic rings. The summed E-state index contributed by atoms with van der Waals surface area (Å²) >= 11 is 0. The molecule has 0 unspecified atom stereocenters. The van der Waals surface area contributed by atoms with E-state index in [4.69, 9.17) is 8.83 Å². The van der Waals surface area contributed by atoms with E-state index in [1.807, 2.05) is 6.07 Å². The zero-order chi connectivity index (χ0) is 43.1. The number of nitrogens with zero attached hydrogens (tertiary/aromatic N) is 2. The van der Waals surface area contributed by atoms with Crippen LogP contribution in [0.15, 0.2) is 185 Å². The Bertz CT molecular complexity index is 3620. The van der Waals surface area contributed by atoms with E-state index in [0.29, 0.717) is 11.8 Å². The first-order valence-corrected chi connectivity index (χ1v) is 22.7. The van der Waals surface area contributed by atoms with E-state index in [9.17, 15) is 0 Å². The molecule has 0 radical (unpaired) electrons. The number of benzene rings is 9. The fourth-order valence-corrected chi connectivity index (χ4v) is 10.2. The molecule has 12 rings (SSSR count). The van der Waals surface area contributed by atoms with Crippen molar-refractivity contribution in [3.63, 3.8) is 0 Å². The largest absolute Gasteiger partial charge is 0.458 e. The van der Waals surface area contributed by atoms with Crippen molar-refractivity contribution in [1.29, 1.82) is 0 Å². The maximum absolute atomic E-state index is 6.87. The average Bonchev–Trinajstić information content (AvgIpc) is 3.92. The van der Waals surface area contributed by atoms with Crippen LogP contribution in [0.5, 0.6) is 0 Å². The van der Waals surface area contributed by atoms with Gasteiger partial charge in [0.1, 0.15) is 11.3 Å². The molecular weight excluding hydrogens is 781 g/mol. The highest BCUT2D eigenvalue weighted by Gasteiger charge is 2.27. The summed E-state index contributed by atoms with van der Waals surface area (Å²) in [5.74, 6) is 1.89. The van der Waals surface area contributed by atoms with Crippen molar-refractivity contribution >= 4 is 105 Å². The van der Waals surface area contributed by atoms with E-state index in [1.54, 1.807) is 0 Å². The van der Waals surface area contributed by atoms with Gasteiger partial charge in [0.15, 0.2) is 11.2 Å². The Morgan fingerprint density at radius 1 is 0.406 bits per heavy atom. The van der Waals surface area contributed by atoms with Gasteiger partial charge in [-0.3, -0.25) is 0 Å². The third-order valence-electron chi connectivity index (χ3n) is 13.5. The third-order valence-corrected chi connectivity index (χ3v) is 13.5. The Hall–Kier alpha value is -7.56. The number of hydrogen-bond donors (Lipinski definition) is 0. The molecule has 0 aliphatic heterocycles. The molecule has 0 spiro atoms. The molecule has 0 N–H and O–H groups in total. The number of anilines is 6. The predicted octanol–water partition coefficient (Wildman–Crippen LogP) is 17.9. The summed E-state index contributed by atoms with van der Waals surface area (Å²) in [7, 11) is 0. The lowest BCUT2D eigenvalue weighted by atomic mass is 9.93. The summed E-state index contributed by atoms with van der Waals surface area (Å²) in [5, 5.41) is 10.4. The molecule has 1 aliphatic carbocycles. The number of rotatable bonds is 8. The van der Waals surface area contributed by atoms with Gasteiger partial charge >= 0.3 is 0 Å². The van der Waals surface area contributed by atoms with Crippen molar-refractivity contribution in [2.75, 3.05) is 9.80 Å². The molecule has 4 nitrogen and oxygen atoms in total. The van der Waals surface area contributed by atoms with E-state index in [-0.39, 0.29) is 0 Å². The van der Waals surface area contributed by atoms with Crippen LogP contribution in [0.25, 0.3) is 71.3 Å². The predicted molar refractivity (Wildman–Crippen MR) is 271 cm³/mol. The van der Waals surface area contributed by atoms with Crippen LogP contribution in [0.3, 0.4) is 0 Å². The molecule has 0 fully saturated rings. The second-order valence-electron chi connectivity index (χ2n) is 17.9. The summed E-state index contributed by atoms with van der Waals surface area (Å²) in [6.07, 6.45) is 6.39. The molecule has 310 valence electrons. The minimum atomic E-state index is 0.415. The van der Waals surface area contributed by atoms with Gasteiger partial charge in [-0.1, -0.05) is 155 Å². The monoisotopic (exact) mass is 828 g/mol. The second kappa shape index (κ2) is 15.1. The van der Waals surface area contributed by atoms with Crippen molar-refractivity contribution in [2.24, 2.45) is 0 Å². The van der Waals surface area contributed by atoms with E-state index < -0.39 is 0 Å². The number of furan rings is 2. The van der Waals surface area contributed by atoms with E-state index in [2.05, 4.69) is 213 Å². The Kier molecular flexibility index (Phi) is 8.98. The summed E-state index contributed by atoms with van der Waals surface area (Å²) in [5.41, 5.74) is 12.8. The van der Waals surface area contributed by atoms with Crippen molar-refractivity contribution in [3.8, 4) is 0 Å². The van der Waals surface area contributed by atoms with E-state index in [0.717, 1.165) is 96.4 Å². The van der Waals surface area contributed by atoms with Gasteiger partial charge in [0.2, 0.25) is 0 Å². The Morgan fingerprint density at radius 2 is 0.875 bits per heavy atom. The van der Waals surface area contributed by atoms with Crippen LogP contribution < -0.4 is 9.80 Å². The smallest absolute Gasteiger partial charge is 0.159 e. The first kappa shape index (κ1) is 38.1. The average molecular weight is 829 g/mol. The lowest BCUT2D eigenvalue weighted by molar-refractivity contribution is 0.546. The van der Waals surface area contributed by atoms with Gasteiger partial charge in [0, 0.05) is 50.3 Å². The van der Waals surface area contributed by atoms with Crippen molar-refractivity contribution < 1.29 is 8.83 Å². The molecule has 0 saturated heterocycles. The second-order valence-corrected chi connectivity index (χ2v) is 17.9. The summed E-state index contributed by atoms with van der Waals surface area (Å²) in [6, 6.07) is 62.3. The minimum absolute atomic E-state index is 0.415. The number of hydrogen-bond acceptors (Lipinski definition) is 4. The van der Waals surface area contributed by atoms with Crippen LogP contribution in [0.4, 0.5) is 34.1 Å². The van der Waals surface area contributed by atoms with E-state index >= 15 is 0 Å². The minimum Gasteiger partial charge on any atom is -0.458 e. The van der Waals surface area contributed by atoms with Gasteiger partial charge < -0.3 is 18.6 Å². The highest BCUT2D eigenvalue weighted by atomic mass is 16.3. The standard InChI is InChI=1S/C60H48N2O2/c1-37(2)39-27-31-41(32-28-39)61(53-23-13-21-49-47-19-9-11-25-57(47)63-59(49)53)55-35-51-44-16-6-8-18-46(44)56(36-52(51)43-15-5-7-17-45(43)55)62(42-33-29-40(30-34-42)38(3)4)54-24-14-22-50-48-20-10-12-26-58(48)64-60(50)54/h5-11,13-25,27-38H,12,26H2,1-4H3.